The summed E-state index contributed by atoms with van der Waals surface area (Å²) in [7, 11) is 0. The van der Waals surface area contributed by atoms with E-state index in [4.69, 9.17) is 4.98 Å². The predicted molar refractivity (Wildman–Crippen MR) is 120 cm³/mol. The van der Waals surface area contributed by atoms with Gasteiger partial charge in [0.2, 0.25) is 0 Å². The molecule has 0 aliphatic carbocycles. The Kier molecular flexibility index (Phi) is 4.14. The maximum atomic E-state index is 13.8. The highest BCUT2D eigenvalue weighted by atomic mass is 19.1. The Morgan fingerprint density at radius 1 is 1.03 bits per heavy atom. The third kappa shape index (κ3) is 3.10. The number of H-pyrrole nitrogens is 2. The van der Waals surface area contributed by atoms with Gasteiger partial charge < -0.3 is 10.3 Å². The molecule has 0 saturated carbocycles. The Labute approximate surface area is 177 Å². The number of pyridine rings is 2. The van der Waals surface area contributed by atoms with Gasteiger partial charge in [-0.15, -0.1) is 0 Å². The van der Waals surface area contributed by atoms with Gasteiger partial charge in [0.05, 0.1) is 16.9 Å². The van der Waals surface area contributed by atoms with Crippen LogP contribution >= 0.6 is 0 Å². The first-order valence-electron chi connectivity index (χ1n) is 10.3. The van der Waals surface area contributed by atoms with E-state index in [1.54, 1.807) is 12.3 Å². The van der Waals surface area contributed by atoms with E-state index in [-0.39, 0.29) is 5.82 Å². The van der Waals surface area contributed by atoms with Crippen molar-refractivity contribution in [3.63, 3.8) is 0 Å². The molecule has 5 heterocycles. The van der Waals surface area contributed by atoms with Gasteiger partial charge in [-0.25, -0.2) is 14.4 Å². The Bertz CT molecular complexity index is 1460. The first-order valence-corrected chi connectivity index (χ1v) is 10.3. The second-order valence-corrected chi connectivity index (χ2v) is 7.66. The van der Waals surface area contributed by atoms with E-state index in [1.807, 2.05) is 30.3 Å². The fourth-order valence-electron chi connectivity index (χ4n) is 4.18. The van der Waals surface area contributed by atoms with Gasteiger partial charge in [-0.3, -0.25) is 5.10 Å². The molecule has 0 spiro atoms. The topological polar surface area (TPSA) is 82.3 Å². The van der Waals surface area contributed by atoms with Crippen LogP contribution in [0.3, 0.4) is 0 Å². The van der Waals surface area contributed by atoms with Crippen molar-refractivity contribution in [1.29, 1.82) is 0 Å². The van der Waals surface area contributed by atoms with Gasteiger partial charge >= 0.3 is 0 Å². The second-order valence-electron chi connectivity index (χ2n) is 7.66. The predicted octanol–water partition coefficient (Wildman–Crippen LogP) is 4.68. The number of hydrogen-bond donors (Lipinski definition) is 3. The van der Waals surface area contributed by atoms with Crippen LogP contribution in [-0.4, -0.2) is 38.2 Å². The molecule has 0 saturated heterocycles. The van der Waals surface area contributed by atoms with E-state index in [2.05, 4.69) is 31.6 Å². The molecule has 1 aliphatic rings. The monoisotopic (exact) mass is 410 g/mol. The van der Waals surface area contributed by atoms with Crippen molar-refractivity contribution in [2.45, 2.75) is 6.42 Å². The van der Waals surface area contributed by atoms with Gasteiger partial charge in [-0.2, -0.15) is 5.10 Å². The van der Waals surface area contributed by atoms with Gasteiger partial charge in [0.1, 0.15) is 22.7 Å². The molecule has 0 atom stereocenters. The summed E-state index contributed by atoms with van der Waals surface area (Å²) in [6.45, 7) is 1.82. The summed E-state index contributed by atoms with van der Waals surface area (Å²) < 4.78 is 13.8. The van der Waals surface area contributed by atoms with Crippen molar-refractivity contribution in [3.05, 3.63) is 72.3 Å². The number of aromatic amines is 2. The van der Waals surface area contributed by atoms with Crippen LogP contribution in [0.4, 0.5) is 4.39 Å². The number of rotatable bonds is 3. The first kappa shape index (κ1) is 18.0. The van der Waals surface area contributed by atoms with Gasteiger partial charge in [0.15, 0.2) is 0 Å². The van der Waals surface area contributed by atoms with Crippen LogP contribution in [-0.2, 0) is 0 Å². The van der Waals surface area contributed by atoms with Crippen molar-refractivity contribution >= 4 is 27.6 Å². The maximum Gasteiger partial charge on any atom is 0.138 e. The Morgan fingerprint density at radius 2 is 2.00 bits per heavy atom. The summed E-state index contributed by atoms with van der Waals surface area (Å²) >= 11 is 0. The van der Waals surface area contributed by atoms with E-state index in [9.17, 15) is 4.39 Å². The molecule has 0 unspecified atom stereocenters. The van der Waals surface area contributed by atoms with Gasteiger partial charge in [-0.05, 0) is 66.1 Å². The lowest BCUT2D eigenvalue weighted by molar-refractivity contribution is 0.628. The fraction of sp³-hybridized carbons (Fsp3) is 0.125. The molecule has 1 aromatic carbocycles. The van der Waals surface area contributed by atoms with E-state index >= 15 is 0 Å². The largest absolute Gasteiger partial charge is 0.338 e. The zero-order valence-electron chi connectivity index (χ0n) is 16.6. The third-order valence-electron chi connectivity index (χ3n) is 5.72. The Morgan fingerprint density at radius 3 is 2.87 bits per heavy atom. The molecule has 152 valence electrons. The molecule has 1 aliphatic heterocycles. The van der Waals surface area contributed by atoms with Crippen LogP contribution in [0.2, 0.25) is 0 Å². The normalized spacial score (nSPS) is 14.3. The lowest BCUT2D eigenvalue weighted by atomic mass is 10.0. The highest BCUT2D eigenvalue weighted by molar-refractivity contribution is 5.98. The van der Waals surface area contributed by atoms with Crippen molar-refractivity contribution in [2.24, 2.45) is 0 Å². The molecule has 5 aromatic rings. The highest BCUT2D eigenvalue weighted by Crippen LogP contribution is 2.33. The quantitative estimate of drug-likeness (QED) is 0.403. The van der Waals surface area contributed by atoms with Crippen LogP contribution in [0.5, 0.6) is 0 Å². The molecule has 31 heavy (non-hydrogen) atoms. The van der Waals surface area contributed by atoms with Crippen LogP contribution in [0, 0.1) is 5.82 Å². The maximum absolute atomic E-state index is 13.8. The van der Waals surface area contributed by atoms with Gasteiger partial charge in [-0.1, -0.05) is 18.2 Å². The molecular formula is C24H19FN6. The van der Waals surface area contributed by atoms with Crippen LogP contribution < -0.4 is 5.32 Å². The molecule has 0 amide bonds. The summed E-state index contributed by atoms with van der Waals surface area (Å²) in [5.74, 6) is -0.263. The van der Waals surface area contributed by atoms with Crippen LogP contribution in [0.25, 0.3) is 50.2 Å². The van der Waals surface area contributed by atoms with E-state index in [0.29, 0.717) is 0 Å². The standard InChI is InChI=1S/C24H19FN6/c25-16-3-1-2-15(12-16)17-8-11-27-24-18(17)13-21(29-24)23-22-20(30-31-23)5-4-19(28-22)14-6-9-26-10-7-14/h1-6,8,11-13,26H,7,9-10H2,(H,27,29)(H,30,31). The van der Waals surface area contributed by atoms with E-state index < -0.39 is 0 Å². The molecule has 0 fully saturated rings. The molecule has 4 aromatic heterocycles. The molecule has 6 rings (SSSR count). The fourth-order valence-corrected chi connectivity index (χ4v) is 4.18. The Balaban J connectivity index is 1.49. The summed E-state index contributed by atoms with van der Waals surface area (Å²) in [6.07, 6.45) is 4.87. The van der Waals surface area contributed by atoms with Crippen molar-refractivity contribution in [2.75, 3.05) is 13.1 Å². The summed E-state index contributed by atoms with van der Waals surface area (Å²) in [5.41, 5.74) is 7.94. The van der Waals surface area contributed by atoms with Gasteiger partial charge in [0, 0.05) is 18.1 Å². The molecule has 6 nitrogen and oxygen atoms in total. The smallest absolute Gasteiger partial charge is 0.138 e. The Hall–Kier alpha value is -3.84. The minimum Gasteiger partial charge on any atom is -0.338 e. The number of nitrogens with one attached hydrogen (secondary N) is 3. The molecule has 0 radical (unpaired) electrons. The number of aromatic nitrogens is 5. The van der Waals surface area contributed by atoms with Crippen LogP contribution in [0.15, 0.2) is 60.8 Å². The number of nitrogens with zero attached hydrogens (tertiary/aromatic N) is 3. The summed E-state index contributed by atoms with van der Waals surface area (Å²) in [6, 6.07) is 14.6. The van der Waals surface area contributed by atoms with E-state index in [0.717, 1.165) is 69.8 Å². The average Bonchev–Trinajstić information content (AvgIpc) is 3.43. The highest BCUT2D eigenvalue weighted by Gasteiger charge is 2.17. The first-order chi connectivity index (χ1) is 15.3. The number of benzene rings is 1. The molecular weight excluding hydrogens is 391 g/mol. The number of halogens is 1. The van der Waals surface area contributed by atoms with Crippen molar-refractivity contribution < 1.29 is 4.39 Å². The SMILES string of the molecule is Fc1cccc(-c2ccnc3[nH]c(-c4n[nH]c5ccc(C6=CCNCC6)nc45)cc23)c1. The van der Waals surface area contributed by atoms with Crippen LogP contribution in [0.1, 0.15) is 12.1 Å². The summed E-state index contributed by atoms with van der Waals surface area (Å²) in [4.78, 5) is 12.7. The van der Waals surface area contributed by atoms with Crippen molar-refractivity contribution in [3.8, 4) is 22.5 Å². The number of fused-ring (bicyclic) bond motifs is 2. The minimum absolute atomic E-state index is 0.263. The number of hydrogen-bond acceptors (Lipinski definition) is 4. The molecule has 0 bridgehead atoms. The lowest BCUT2D eigenvalue weighted by Gasteiger charge is -2.13. The van der Waals surface area contributed by atoms with E-state index in [1.165, 1.54) is 17.7 Å². The van der Waals surface area contributed by atoms with Gasteiger partial charge in [0.25, 0.3) is 0 Å². The lowest BCUT2D eigenvalue weighted by Crippen LogP contribution is -2.20. The third-order valence-corrected chi connectivity index (χ3v) is 5.72. The average molecular weight is 410 g/mol. The zero-order chi connectivity index (χ0) is 20.8. The minimum atomic E-state index is -0.263. The zero-order valence-corrected chi connectivity index (χ0v) is 16.6. The molecule has 3 N–H and O–H groups in total. The molecule has 7 heteroatoms. The summed E-state index contributed by atoms with van der Waals surface area (Å²) in [5, 5.41) is 11.9. The second kappa shape index (κ2) is 7.14. The van der Waals surface area contributed by atoms with Crippen molar-refractivity contribution in [1.82, 2.24) is 30.5 Å².